The first-order valence-electron chi connectivity index (χ1n) is 7.53. The molecule has 0 bridgehead atoms. The van der Waals surface area contributed by atoms with Gasteiger partial charge in [-0.05, 0) is 18.2 Å². The summed E-state index contributed by atoms with van der Waals surface area (Å²) in [6.07, 6.45) is -1.60. The first kappa shape index (κ1) is 14.8. The molecule has 1 aliphatic heterocycles. The van der Waals surface area contributed by atoms with Gasteiger partial charge in [0.05, 0.1) is 31.4 Å². The summed E-state index contributed by atoms with van der Waals surface area (Å²) < 4.78 is 32.1. The topological polar surface area (TPSA) is 66.9 Å². The van der Waals surface area contributed by atoms with Crippen LogP contribution in [0.2, 0.25) is 0 Å². The third kappa shape index (κ3) is 2.44. The molecule has 8 heteroatoms. The second kappa shape index (κ2) is 5.70. The molecule has 3 aromatic rings. The number of benzene rings is 1. The highest BCUT2D eigenvalue weighted by molar-refractivity contribution is 5.93. The zero-order chi connectivity index (χ0) is 16.7. The Labute approximate surface area is 136 Å². The van der Waals surface area contributed by atoms with Crippen LogP contribution in [0.15, 0.2) is 30.6 Å². The van der Waals surface area contributed by atoms with Crippen molar-refractivity contribution in [2.24, 2.45) is 0 Å². The van der Waals surface area contributed by atoms with E-state index in [1.54, 1.807) is 18.1 Å². The first-order chi connectivity index (χ1) is 11.7. The lowest BCUT2D eigenvalue weighted by molar-refractivity contribution is 0.217. The van der Waals surface area contributed by atoms with Gasteiger partial charge in [0.2, 0.25) is 0 Å². The smallest absolute Gasteiger partial charge is 0.150 e. The monoisotopic (exact) mass is 331 g/mol. The van der Waals surface area contributed by atoms with E-state index in [1.807, 2.05) is 18.2 Å². The molecule has 0 spiro atoms. The molecule has 0 unspecified atom stereocenters. The van der Waals surface area contributed by atoms with E-state index in [4.69, 9.17) is 4.74 Å². The lowest BCUT2D eigenvalue weighted by atomic mass is 10.1. The minimum atomic E-state index is -1.49. The quantitative estimate of drug-likeness (QED) is 0.799. The number of hydrogen-bond donors (Lipinski definition) is 1. The van der Waals surface area contributed by atoms with Crippen LogP contribution in [0.5, 0.6) is 5.75 Å². The van der Waals surface area contributed by atoms with Crippen molar-refractivity contribution in [3.05, 3.63) is 30.6 Å². The third-order valence-electron chi connectivity index (χ3n) is 4.17. The molecule has 0 saturated carbocycles. The fourth-order valence-electron chi connectivity index (χ4n) is 2.88. The number of H-pyrrole nitrogens is 1. The predicted octanol–water partition coefficient (Wildman–Crippen LogP) is 2.52. The average Bonchev–Trinajstić information content (AvgIpc) is 3.18. The number of aromatic nitrogens is 4. The van der Waals surface area contributed by atoms with Gasteiger partial charge in [0.15, 0.2) is 12.3 Å². The Balaban J connectivity index is 1.74. The number of anilines is 1. The fraction of sp³-hybridized carbons (Fsp3) is 0.312. The zero-order valence-corrected chi connectivity index (χ0v) is 12.9. The molecule has 0 aliphatic carbocycles. The summed E-state index contributed by atoms with van der Waals surface area (Å²) in [5.41, 5.74) is 2.07. The fourth-order valence-corrected chi connectivity index (χ4v) is 2.88. The molecule has 6 nitrogen and oxygen atoms in total. The maximum Gasteiger partial charge on any atom is 0.150 e. The second-order valence-electron chi connectivity index (χ2n) is 5.68. The maximum absolute atomic E-state index is 13.4. The van der Waals surface area contributed by atoms with Crippen LogP contribution in [-0.2, 0) is 0 Å². The van der Waals surface area contributed by atoms with Crippen molar-refractivity contribution in [1.82, 2.24) is 20.2 Å². The van der Waals surface area contributed by atoms with Crippen LogP contribution >= 0.6 is 0 Å². The molecule has 3 heterocycles. The van der Waals surface area contributed by atoms with Crippen LogP contribution in [0.3, 0.4) is 0 Å². The maximum atomic E-state index is 13.4. The van der Waals surface area contributed by atoms with Gasteiger partial charge in [-0.25, -0.2) is 18.7 Å². The Bertz CT molecular complexity index is 874. The van der Waals surface area contributed by atoms with Gasteiger partial charge in [0.25, 0.3) is 0 Å². The van der Waals surface area contributed by atoms with Gasteiger partial charge in [-0.15, -0.1) is 0 Å². The van der Waals surface area contributed by atoms with E-state index < -0.39 is 12.3 Å². The van der Waals surface area contributed by atoms with Crippen molar-refractivity contribution in [3.8, 4) is 17.1 Å². The van der Waals surface area contributed by atoms with E-state index in [2.05, 4.69) is 20.2 Å². The van der Waals surface area contributed by atoms with Gasteiger partial charge in [-0.2, -0.15) is 5.10 Å². The van der Waals surface area contributed by atoms with E-state index in [0.717, 1.165) is 10.9 Å². The lowest BCUT2D eigenvalue weighted by Crippen LogP contribution is -2.21. The highest BCUT2D eigenvalue weighted by Crippen LogP contribution is 2.30. The third-order valence-corrected chi connectivity index (χ3v) is 4.17. The number of methoxy groups -OCH3 is 1. The van der Waals surface area contributed by atoms with Crippen molar-refractivity contribution >= 4 is 16.7 Å². The molecule has 1 N–H and O–H groups in total. The SMILES string of the molecule is COc1ccc2[nH]nc(-c3cc(N4C[C@H](F)[C@@H](F)C4)ncn3)c2c1. The van der Waals surface area contributed by atoms with E-state index in [1.165, 1.54) is 6.33 Å². The van der Waals surface area contributed by atoms with Gasteiger partial charge in [-0.3, -0.25) is 5.10 Å². The zero-order valence-electron chi connectivity index (χ0n) is 12.9. The molecule has 0 radical (unpaired) electrons. The molecular weight excluding hydrogens is 316 g/mol. The van der Waals surface area contributed by atoms with E-state index >= 15 is 0 Å². The van der Waals surface area contributed by atoms with Crippen LogP contribution in [-0.4, -0.2) is 52.7 Å². The number of hydrogen-bond acceptors (Lipinski definition) is 5. The number of nitrogens with zero attached hydrogens (tertiary/aromatic N) is 4. The normalized spacial score (nSPS) is 20.7. The molecule has 4 rings (SSSR count). The molecule has 1 fully saturated rings. The van der Waals surface area contributed by atoms with Crippen molar-refractivity contribution in [3.63, 3.8) is 0 Å². The van der Waals surface area contributed by atoms with Crippen LogP contribution in [0.4, 0.5) is 14.6 Å². The summed E-state index contributed by atoms with van der Waals surface area (Å²) in [5, 5.41) is 8.10. The number of nitrogens with one attached hydrogen (secondary N) is 1. The highest BCUT2D eigenvalue weighted by Gasteiger charge is 2.33. The summed E-state index contributed by atoms with van der Waals surface area (Å²) in [6.45, 7) is -0.0144. The number of ether oxygens (including phenoxy) is 1. The molecule has 2 aromatic heterocycles. The summed E-state index contributed by atoms with van der Waals surface area (Å²) in [6, 6.07) is 7.26. The standard InChI is InChI=1S/C16H15F2N5O/c1-24-9-2-3-13-10(4-9)16(22-21-13)14-5-15(20-8-19-14)23-6-11(17)12(18)7-23/h2-5,8,11-12H,6-7H2,1H3,(H,21,22)/t11-,12-/m0/s1. The molecule has 24 heavy (non-hydrogen) atoms. The van der Waals surface area contributed by atoms with Gasteiger partial charge < -0.3 is 9.64 Å². The summed E-state index contributed by atoms with van der Waals surface area (Å²) in [4.78, 5) is 9.96. The van der Waals surface area contributed by atoms with E-state index in [-0.39, 0.29) is 13.1 Å². The Morgan fingerprint density at radius 1 is 1.17 bits per heavy atom. The van der Waals surface area contributed by atoms with Crippen LogP contribution in [0.1, 0.15) is 0 Å². The van der Waals surface area contributed by atoms with E-state index in [0.29, 0.717) is 23.0 Å². The summed E-state index contributed by atoms with van der Waals surface area (Å²) in [7, 11) is 1.60. The Kier molecular flexibility index (Phi) is 3.51. The Morgan fingerprint density at radius 3 is 2.71 bits per heavy atom. The van der Waals surface area contributed by atoms with Gasteiger partial charge in [-0.1, -0.05) is 0 Å². The molecule has 0 amide bonds. The van der Waals surface area contributed by atoms with Crippen molar-refractivity contribution in [2.45, 2.75) is 12.3 Å². The number of alkyl halides is 2. The van der Waals surface area contributed by atoms with Gasteiger partial charge in [0.1, 0.15) is 23.6 Å². The van der Waals surface area contributed by atoms with Crippen molar-refractivity contribution in [2.75, 3.05) is 25.1 Å². The minimum absolute atomic E-state index is 0.00719. The first-order valence-corrected chi connectivity index (χ1v) is 7.53. The lowest BCUT2D eigenvalue weighted by Gasteiger charge is -2.15. The predicted molar refractivity (Wildman–Crippen MR) is 85.7 cm³/mol. The number of halogens is 2. The molecule has 2 atom stereocenters. The Morgan fingerprint density at radius 2 is 1.96 bits per heavy atom. The Hall–Kier alpha value is -2.77. The number of fused-ring (bicyclic) bond motifs is 1. The average molecular weight is 331 g/mol. The largest absolute Gasteiger partial charge is 0.497 e. The van der Waals surface area contributed by atoms with Gasteiger partial charge >= 0.3 is 0 Å². The molecule has 1 saturated heterocycles. The van der Waals surface area contributed by atoms with Gasteiger partial charge in [0, 0.05) is 11.5 Å². The van der Waals surface area contributed by atoms with Crippen molar-refractivity contribution < 1.29 is 13.5 Å². The highest BCUT2D eigenvalue weighted by atomic mass is 19.2. The molecule has 124 valence electrons. The number of aromatic amines is 1. The van der Waals surface area contributed by atoms with Crippen molar-refractivity contribution in [1.29, 1.82) is 0 Å². The molecular formula is C16H15F2N5O. The van der Waals surface area contributed by atoms with Crippen LogP contribution in [0.25, 0.3) is 22.3 Å². The number of rotatable bonds is 3. The van der Waals surface area contributed by atoms with Crippen LogP contribution < -0.4 is 9.64 Å². The second-order valence-corrected chi connectivity index (χ2v) is 5.68. The minimum Gasteiger partial charge on any atom is -0.497 e. The molecule has 1 aromatic carbocycles. The summed E-state index contributed by atoms with van der Waals surface area (Å²) >= 11 is 0. The van der Waals surface area contributed by atoms with Crippen LogP contribution in [0, 0.1) is 0 Å². The summed E-state index contributed by atoms with van der Waals surface area (Å²) in [5.74, 6) is 1.20. The van der Waals surface area contributed by atoms with E-state index in [9.17, 15) is 8.78 Å². The molecule has 1 aliphatic rings.